The van der Waals surface area contributed by atoms with Crippen molar-refractivity contribution < 1.29 is 0 Å². The zero-order chi connectivity index (χ0) is 14.4. The summed E-state index contributed by atoms with van der Waals surface area (Å²) in [5, 5.41) is 9.18. The van der Waals surface area contributed by atoms with Gasteiger partial charge in [-0.1, -0.05) is 12.1 Å². The first kappa shape index (κ1) is 12.2. The van der Waals surface area contributed by atoms with Crippen LogP contribution in [0.5, 0.6) is 0 Å². The van der Waals surface area contributed by atoms with Crippen molar-refractivity contribution in [2.75, 3.05) is 17.6 Å². The average Bonchev–Trinajstić information content (AvgIpc) is 2.89. The number of benzene rings is 1. The second kappa shape index (κ2) is 4.48. The van der Waals surface area contributed by atoms with Gasteiger partial charge in [0.15, 0.2) is 5.65 Å². The number of nitrogens with two attached hydrogens (primary N) is 1. The Labute approximate surface area is 122 Å². The van der Waals surface area contributed by atoms with E-state index in [1.165, 1.54) is 5.56 Å². The van der Waals surface area contributed by atoms with Gasteiger partial charge in [-0.05, 0) is 42.7 Å². The second-order valence-electron chi connectivity index (χ2n) is 5.52. The first-order valence-corrected chi connectivity index (χ1v) is 7.17. The Kier molecular flexibility index (Phi) is 2.60. The topological polar surface area (TPSA) is 68.8 Å². The minimum absolute atomic E-state index is 0.207. The fourth-order valence-corrected chi connectivity index (χ4v) is 2.96. The second-order valence-corrected chi connectivity index (χ2v) is 5.52. The maximum atomic E-state index is 6.06. The molecule has 3 heterocycles. The first-order chi connectivity index (χ1) is 10.2. The van der Waals surface area contributed by atoms with Crippen LogP contribution in [0.15, 0.2) is 36.5 Å². The number of rotatable bonds is 1. The van der Waals surface area contributed by atoms with Gasteiger partial charge in [-0.15, -0.1) is 5.10 Å². The van der Waals surface area contributed by atoms with Crippen molar-refractivity contribution in [3.05, 3.63) is 47.7 Å². The van der Waals surface area contributed by atoms with Crippen LogP contribution in [0.3, 0.4) is 0 Å². The molecule has 1 unspecified atom stereocenters. The van der Waals surface area contributed by atoms with E-state index >= 15 is 0 Å². The summed E-state index contributed by atoms with van der Waals surface area (Å²) in [5.41, 5.74) is 10.00. The minimum atomic E-state index is 0.207. The predicted octanol–water partition coefficient (Wildman–Crippen LogP) is 2.73. The molecule has 0 saturated carbocycles. The molecule has 0 fully saturated rings. The third kappa shape index (κ3) is 1.85. The van der Waals surface area contributed by atoms with Crippen molar-refractivity contribution in [2.45, 2.75) is 19.4 Å². The number of aryl methyl sites for hydroxylation is 1. The van der Waals surface area contributed by atoms with Gasteiger partial charge >= 0.3 is 0 Å². The number of hydrogen-bond acceptors (Lipinski definition) is 4. The van der Waals surface area contributed by atoms with Crippen molar-refractivity contribution in [2.24, 2.45) is 0 Å². The van der Waals surface area contributed by atoms with E-state index in [9.17, 15) is 0 Å². The fourth-order valence-electron chi connectivity index (χ4n) is 2.96. The quantitative estimate of drug-likeness (QED) is 0.672. The number of aromatic nitrogens is 3. The molecule has 0 amide bonds. The maximum Gasteiger partial charge on any atom is 0.183 e. The molecule has 5 nitrogen and oxygen atoms in total. The number of nitrogen functional groups attached to an aromatic ring is 1. The molecule has 2 aromatic heterocycles. The van der Waals surface area contributed by atoms with Gasteiger partial charge < -0.3 is 11.1 Å². The van der Waals surface area contributed by atoms with E-state index in [2.05, 4.69) is 39.7 Å². The number of pyridine rings is 1. The lowest BCUT2D eigenvalue weighted by atomic mass is 10.00. The van der Waals surface area contributed by atoms with Crippen LogP contribution in [0.2, 0.25) is 0 Å². The summed E-state index contributed by atoms with van der Waals surface area (Å²) in [6.07, 6.45) is 2.77. The van der Waals surface area contributed by atoms with Crippen molar-refractivity contribution in [1.82, 2.24) is 14.8 Å². The Morgan fingerprint density at radius 2 is 2.24 bits per heavy atom. The molecule has 0 spiro atoms. The number of anilines is 2. The van der Waals surface area contributed by atoms with E-state index in [4.69, 9.17) is 5.73 Å². The van der Waals surface area contributed by atoms with Crippen molar-refractivity contribution in [3.63, 3.8) is 0 Å². The molecule has 0 bridgehead atoms. The highest BCUT2D eigenvalue weighted by atomic mass is 15.4. The molecule has 0 radical (unpaired) electrons. The van der Waals surface area contributed by atoms with Gasteiger partial charge in [-0.2, -0.15) is 0 Å². The van der Waals surface area contributed by atoms with Crippen LogP contribution >= 0.6 is 0 Å². The van der Waals surface area contributed by atoms with Crippen LogP contribution in [0.1, 0.15) is 23.6 Å². The van der Waals surface area contributed by atoms with Gasteiger partial charge in [0.05, 0.1) is 11.4 Å². The largest absolute Gasteiger partial charge is 0.399 e. The molecule has 0 aliphatic carbocycles. The summed E-state index contributed by atoms with van der Waals surface area (Å²) >= 11 is 0. The molecule has 1 aliphatic rings. The van der Waals surface area contributed by atoms with E-state index in [1.807, 2.05) is 17.7 Å². The molecule has 3 N–H and O–H groups in total. The Hall–Kier alpha value is -2.56. The summed E-state index contributed by atoms with van der Waals surface area (Å²) < 4.78 is 2.05. The molecule has 0 saturated heterocycles. The molecule has 1 aliphatic heterocycles. The third-order valence-electron chi connectivity index (χ3n) is 4.17. The summed E-state index contributed by atoms with van der Waals surface area (Å²) in [7, 11) is 0. The van der Waals surface area contributed by atoms with Crippen LogP contribution in [-0.4, -0.2) is 21.3 Å². The number of fused-ring (bicyclic) bond motifs is 3. The summed E-state index contributed by atoms with van der Waals surface area (Å²) in [5.74, 6) is 1.05. The smallest absolute Gasteiger partial charge is 0.183 e. The lowest BCUT2D eigenvalue weighted by Gasteiger charge is -2.26. The minimum Gasteiger partial charge on any atom is -0.399 e. The number of nitrogens with zero attached hydrogens (tertiary/aromatic N) is 3. The van der Waals surface area contributed by atoms with Crippen LogP contribution < -0.4 is 11.1 Å². The summed E-state index contributed by atoms with van der Waals surface area (Å²) in [4.78, 5) is 4.35. The standard InChI is InChI=1S/C16H17N5/c1-10-4-5-11(9-13(10)17)14-6-8-19-16-12-3-2-7-18-15(12)20-21(14)16/h2-5,7,9,14,19H,6,8,17H2,1H3. The molecular weight excluding hydrogens is 262 g/mol. The molecular formula is C16H17N5. The average molecular weight is 279 g/mol. The molecule has 3 aromatic rings. The SMILES string of the molecule is Cc1ccc(C2CCNc3c4cccnc4nn32)cc1N. The van der Waals surface area contributed by atoms with Gasteiger partial charge in [0.1, 0.15) is 5.82 Å². The van der Waals surface area contributed by atoms with E-state index in [1.54, 1.807) is 6.20 Å². The van der Waals surface area contributed by atoms with Gasteiger partial charge in [-0.3, -0.25) is 0 Å². The van der Waals surface area contributed by atoms with E-state index in [0.717, 1.165) is 41.1 Å². The van der Waals surface area contributed by atoms with E-state index in [0.29, 0.717) is 0 Å². The number of nitrogens with one attached hydrogen (secondary N) is 1. The van der Waals surface area contributed by atoms with Crippen LogP contribution in [0.25, 0.3) is 11.0 Å². The third-order valence-corrected chi connectivity index (χ3v) is 4.17. The maximum absolute atomic E-state index is 6.06. The predicted molar refractivity (Wildman–Crippen MR) is 84.4 cm³/mol. The van der Waals surface area contributed by atoms with Crippen LogP contribution in [0.4, 0.5) is 11.5 Å². The van der Waals surface area contributed by atoms with Gasteiger partial charge in [0.2, 0.25) is 0 Å². The molecule has 1 atom stereocenters. The van der Waals surface area contributed by atoms with Crippen molar-refractivity contribution in [1.29, 1.82) is 0 Å². The Morgan fingerprint density at radius 3 is 3.10 bits per heavy atom. The molecule has 5 heteroatoms. The summed E-state index contributed by atoms with van der Waals surface area (Å²) in [6, 6.07) is 10.5. The molecule has 4 rings (SSSR count). The normalized spacial score (nSPS) is 17.5. The highest BCUT2D eigenvalue weighted by Crippen LogP contribution is 2.34. The first-order valence-electron chi connectivity index (χ1n) is 7.17. The van der Waals surface area contributed by atoms with Crippen molar-refractivity contribution >= 4 is 22.5 Å². The Balaban J connectivity index is 1.88. The lowest BCUT2D eigenvalue weighted by molar-refractivity contribution is 0.485. The Bertz CT molecular complexity index is 821. The van der Waals surface area contributed by atoms with Gasteiger partial charge in [0.25, 0.3) is 0 Å². The lowest BCUT2D eigenvalue weighted by Crippen LogP contribution is -2.24. The highest BCUT2D eigenvalue weighted by Gasteiger charge is 2.25. The fraction of sp³-hybridized carbons (Fsp3) is 0.250. The summed E-state index contributed by atoms with van der Waals surface area (Å²) in [6.45, 7) is 2.95. The zero-order valence-electron chi connectivity index (χ0n) is 11.9. The highest BCUT2D eigenvalue weighted by molar-refractivity contribution is 5.87. The van der Waals surface area contributed by atoms with Crippen molar-refractivity contribution in [3.8, 4) is 0 Å². The zero-order valence-corrected chi connectivity index (χ0v) is 11.9. The molecule has 106 valence electrons. The molecule has 21 heavy (non-hydrogen) atoms. The molecule has 1 aromatic carbocycles. The van der Waals surface area contributed by atoms with E-state index < -0.39 is 0 Å². The monoisotopic (exact) mass is 279 g/mol. The van der Waals surface area contributed by atoms with Crippen LogP contribution in [-0.2, 0) is 0 Å². The Morgan fingerprint density at radius 1 is 1.33 bits per heavy atom. The van der Waals surface area contributed by atoms with E-state index in [-0.39, 0.29) is 6.04 Å². The van der Waals surface area contributed by atoms with Crippen LogP contribution in [0, 0.1) is 6.92 Å². The van der Waals surface area contributed by atoms with Gasteiger partial charge in [-0.25, -0.2) is 9.67 Å². The van der Waals surface area contributed by atoms with Gasteiger partial charge in [0, 0.05) is 18.4 Å². The number of hydrogen-bond donors (Lipinski definition) is 2.